The van der Waals surface area contributed by atoms with E-state index in [-0.39, 0.29) is 10.8 Å². The van der Waals surface area contributed by atoms with Crippen LogP contribution >= 0.6 is 0 Å². The second kappa shape index (κ2) is 7.24. The summed E-state index contributed by atoms with van der Waals surface area (Å²) in [5.41, 5.74) is 3.05. The normalized spacial score (nSPS) is 14.0. The Balaban J connectivity index is 1.65. The molecule has 6 nitrogen and oxygen atoms in total. The summed E-state index contributed by atoms with van der Waals surface area (Å²) in [5, 5.41) is 0.768. The van der Waals surface area contributed by atoms with E-state index in [1.807, 2.05) is 36.1 Å². The molecule has 4 rings (SSSR count). The average Bonchev–Trinajstić information content (AvgIpc) is 2.72. The highest BCUT2D eigenvalue weighted by Gasteiger charge is 2.22. The van der Waals surface area contributed by atoms with Gasteiger partial charge in [-0.1, -0.05) is 31.2 Å². The molecule has 0 aliphatic carbocycles. The Morgan fingerprint density at radius 3 is 2.79 bits per heavy atom. The van der Waals surface area contributed by atoms with Gasteiger partial charge in [0.15, 0.2) is 0 Å². The first kappa shape index (κ1) is 18.4. The third-order valence-electron chi connectivity index (χ3n) is 5.01. The van der Waals surface area contributed by atoms with Crippen molar-refractivity contribution in [1.82, 2.24) is 9.88 Å². The van der Waals surface area contributed by atoms with E-state index in [2.05, 4.69) is 9.71 Å². The monoisotopic (exact) mass is 395 g/mol. The van der Waals surface area contributed by atoms with E-state index in [1.54, 1.807) is 30.5 Å². The third kappa shape index (κ3) is 3.45. The zero-order valence-electron chi connectivity index (χ0n) is 15.6. The number of pyridine rings is 1. The van der Waals surface area contributed by atoms with Crippen LogP contribution in [0.5, 0.6) is 0 Å². The van der Waals surface area contributed by atoms with Gasteiger partial charge < -0.3 is 4.90 Å². The Bertz CT molecular complexity index is 1150. The smallest absolute Gasteiger partial charge is 0.264 e. The van der Waals surface area contributed by atoms with Gasteiger partial charge in [-0.05, 0) is 41.8 Å². The van der Waals surface area contributed by atoms with Gasteiger partial charge in [0.05, 0.1) is 5.52 Å². The second-order valence-corrected chi connectivity index (χ2v) is 8.49. The number of sulfonamides is 1. The molecule has 0 saturated heterocycles. The van der Waals surface area contributed by atoms with E-state index in [0.717, 1.165) is 22.9 Å². The Kier molecular flexibility index (Phi) is 4.77. The van der Waals surface area contributed by atoms with E-state index >= 15 is 0 Å². The summed E-state index contributed by atoms with van der Waals surface area (Å²) in [4.78, 5) is 18.2. The van der Waals surface area contributed by atoms with Crippen molar-refractivity contribution in [3.05, 3.63) is 65.9 Å². The van der Waals surface area contributed by atoms with Gasteiger partial charge in [0.25, 0.3) is 10.0 Å². The lowest BCUT2D eigenvalue weighted by molar-refractivity contribution is -0.131. The van der Waals surface area contributed by atoms with Crippen molar-refractivity contribution in [2.75, 3.05) is 11.3 Å². The van der Waals surface area contributed by atoms with Crippen LogP contribution in [0.25, 0.3) is 10.9 Å². The molecule has 2 heterocycles. The lowest BCUT2D eigenvalue weighted by Crippen LogP contribution is -2.35. The number of rotatable bonds is 4. The molecule has 1 aromatic heterocycles. The number of aromatic nitrogens is 1. The average molecular weight is 395 g/mol. The maximum atomic E-state index is 13.0. The minimum absolute atomic E-state index is 0.110. The number of fused-ring (bicyclic) bond motifs is 2. The second-order valence-electron chi connectivity index (χ2n) is 6.84. The van der Waals surface area contributed by atoms with Crippen molar-refractivity contribution in [2.45, 2.75) is 31.2 Å². The molecule has 1 aliphatic heterocycles. The van der Waals surface area contributed by atoms with Gasteiger partial charge in [-0.25, -0.2) is 8.42 Å². The minimum atomic E-state index is -3.79. The molecule has 0 bridgehead atoms. The molecule has 0 spiro atoms. The summed E-state index contributed by atoms with van der Waals surface area (Å²) < 4.78 is 28.6. The van der Waals surface area contributed by atoms with E-state index in [0.29, 0.717) is 30.7 Å². The van der Waals surface area contributed by atoms with E-state index < -0.39 is 10.0 Å². The Labute approximate surface area is 164 Å². The van der Waals surface area contributed by atoms with Gasteiger partial charge in [-0.3, -0.25) is 14.5 Å². The number of para-hydroxylation sites is 1. The van der Waals surface area contributed by atoms with Gasteiger partial charge >= 0.3 is 0 Å². The SMILES string of the molecule is CCC(=O)N1CCc2ccc(NS(=O)(=O)c3cccc4cccnc34)cc2C1. The fourth-order valence-electron chi connectivity index (χ4n) is 3.56. The third-order valence-corrected chi connectivity index (χ3v) is 6.42. The van der Waals surface area contributed by atoms with E-state index in [1.165, 1.54) is 0 Å². The highest BCUT2D eigenvalue weighted by Crippen LogP contribution is 2.26. The number of nitrogens with one attached hydrogen (secondary N) is 1. The van der Waals surface area contributed by atoms with Crippen molar-refractivity contribution < 1.29 is 13.2 Å². The number of carbonyl (C=O) groups excluding carboxylic acids is 1. The first-order valence-corrected chi connectivity index (χ1v) is 10.7. The lowest BCUT2D eigenvalue weighted by atomic mass is 9.99. The molecule has 1 N–H and O–H groups in total. The number of hydrogen-bond acceptors (Lipinski definition) is 4. The fraction of sp³-hybridized carbons (Fsp3) is 0.238. The lowest BCUT2D eigenvalue weighted by Gasteiger charge is -2.29. The largest absolute Gasteiger partial charge is 0.338 e. The standard InChI is InChI=1S/C21H21N3O3S/c1-2-20(25)24-12-10-15-8-9-18(13-17(15)14-24)23-28(26,27)19-7-3-5-16-6-4-11-22-21(16)19/h3-9,11,13,23H,2,10,12,14H2,1H3. The van der Waals surface area contributed by atoms with Crippen LogP contribution in [0.3, 0.4) is 0 Å². The number of amides is 1. The maximum absolute atomic E-state index is 13.0. The molecule has 3 aromatic rings. The highest BCUT2D eigenvalue weighted by atomic mass is 32.2. The summed E-state index contributed by atoms with van der Waals surface area (Å²) in [6.07, 6.45) is 2.83. The van der Waals surface area contributed by atoms with Gasteiger partial charge in [-0.15, -0.1) is 0 Å². The van der Waals surface area contributed by atoms with Gasteiger partial charge in [0.2, 0.25) is 5.91 Å². The van der Waals surface area contributed by atoms with Crippen LogP contribution in [0.1, 0.15) is 24.5 Å². The first-order chi connectivity index (χ1) is 13.5. The van der Waals surface area contributed by atoms with Crippen molar-refractivity contribution in [1.29, 1.82) is 0 Å². The van der Waals surface area contributed by atoms with Crippen molar-refractivity contribution in [2.24, 2.45) is 0 Å². The molecule has 0 fully saturated rings. The van der Waals surface area contributed by atoms with Crippen molar-refractivity contribution in [3.8, 4) is 0 Å². The molecule has 0 radical (unpaired) electrons. The quantitative estimate of drug-likeness (QED) is 0.735. The van der Waals surface area contributed by atoms with Crippen LogP contribution in [-0.4, -0.2) is 30.8 Å². The molecular formula is C21H21N3O3S. The van der Waals surface area contributed by atoms with Gasteiger partial charge in [0, 0.05) is 36.8 Å². The van der Waals surface area contributed by atoms with Crippen LogP contribution in [0.15, 0.2) is 59.6 Å². The molecule has 0 saturated carbocycles. The van der Waals surface area contributed by atoms with Crippen LogP contribution < -0.4 is 4.72 Å². The maximum Gasteiger partial charge on any atom is 0.264 e. The highest BCUT2D eigenvalue weighted by molar-refractivity contribution is 7.93. The minimum Gasteiger partial charge on any atom is -0.338 e. The zero-order chi connectivity index (χ0) is 19.7. The van der Waals surface area contributed by atoms with Crippen LogP contribution in [0.4, 0.5) is 5.69 Å². The topological polar surface area (TPSA) is 79.4 Å². The van der Waals surface area contributed by atoms with E-state index in [4.69, 9.17) is 0 Å². The van der Waals surface area contributed by atoms with Gasteiger partial charge in [-0.2, -0.15) is 0 Å². The predicted molar refractivity (Wildman–Crippen MR) is 108 cm³/mol. The van der Waals surface area contributed by atoms with Gasteiger partial charge in [0.1, 0.15) is 4.90 Å². The van der Waals surface area contributed by atoms with Crippen molar-refractivity contribution in [3.63, 3.8) is 0 Å². The Morgan fingerprint density at radius 1 is 1.14 bits per heavy atom. The molecule has 1 aliphatic rings. The molecule has 28 heavy (non-hydrogen) atoms. The van der Waals surface area contributed by atoms with E-state index in [9.17, 15) is 13.2 Å². The predicted octanol–water partition coefficient (Wildman–Crippen LogP) is 3.33. The first-order valence-electron chi connectivity index (χ1n) is 9.24. The molecule has 0 unspecified atom stereocenters. The number of hydrogen-bond donors (Lipinski definition) is 1. The number of anilines is 1. The summed E-state index contributed by atoms with van der Waals surface area (Å²) in [7, 11) is -3.79. The molecule has 1 amide bonds. The summed E-state index contributed by atoms with van der Waals surface area (Å²) in [6.45, 7) is 3.06. The van der Waals surface area contributed by atoms with Crippen LogP contribution in [0, 0.1) is 0 Å². The van der Waals surface area contributed by atoms with Crippen LogP contribution in [-0.2, 0) is 27.8 Å². The van der Waals surface area contributed by atoms with Crippen LogP contribution in [0.2, 0.25) is 0 Å². The zero-order valence-corrected chi connectivity index (χ0v) is 16.4. The Hall–Kier alpha value is -2.93. The van der Waals surface area contributed by atoms with Crippen molar-refractivity contribution >= 4 is 32.5 Å². The number of benzene rings is 2. The number of nitrogens with zero attached hydrogens (tertiary/aromatic N) is 2. The molecule has 2 aromatic carbocycles. The fourth-order valence-corrected chi connectivity index (χ4v) is 4.79. The summed E-state index contributed by atoms with van der Waals surface area (Å²) in [5.74, 6) is 0.110. The summed E-state index contributed by atoms with van der Waals surface area (Å²) in [6, 6.07) is 14.2. The molecule has 0 atom stereocenters. The molecule has 7 heteroatoms. The summed E-state index contributed by atoms with van der Waals surface area (Å²) >= 11 is 0. The molecule has 144 valence electrons. The molecular weight excluding hydrogens is 374 g/mol. The Morgan fingerprint density at radius 2 is 1.96 bits per heavy atom. The number of carbonyl (C=O) groups is 1.